The van der Waals surface area contributed by atoms with Crippen molar-refractivity contribution in [1.82, 2.24) is 9.97 Å². The number of hydrogen-bond acceptors (Lipinski definition) is 5. The van der Waals surface area contributed by atoms with Crippen LogP contribution in [-0.2, 0) is 11.3 Å². The van der Waals surface area contributed by atoms with Crippen LogP contribution in [0.3, 0.4) is 0 Å². The SMILES string of the molecule is COCc1nc(N)cc(N2CC(C)CC(C)C2)n1. The molecule has 2 atom stereocenters. The first kappa shape index (κ1) is 13.1. The fraction of sp³-hybridized carbons (Fsp3) is 0.692. The van der Waals surface area contributed by atoms with Gasteiger partial charge in [-0.05, 0) is 18.3 Å². The topological polar surface area (TPSA) is 64.3 Å². The van der Waals surface area contributed by atoms with Crippen molar-refractivity contribution in [2.45, 2.75) is 26.9 Å². The van der Waals surface area contributed by atoms with Crippen molar-refractivity contribution in [3.05, 3.63) is 11.9 Å². The minimum Gasteiger partial charge on any atom is -0.384 e. The Morgan fingerprint density at radius 2 is 2.00 bits per heavy atom. The molecule has 2 unspecified atom stereocenters. The van der Waals surface area contributed by atoms with Crippen LogP contribution >= 0.6 is 0 Å². The van der Waals surface area contributed by atoms with Crippen molar-refractivity contribution in [2.75, 3.05) is 30.8 Å². The molecule has 0 amide bonds. The van der Waals surface area contributed by atoms with Gasteiger partial charge in [0, 0.05) is 26.3 Å². The van der Waals surface area contributed by atoms with Crippen molar-refractivity contribution in [3.63, 3.8) is 0 Å². The zero-order valence-corrected chi connectivity index (χ0v) is 11.4. The van der Waals surface area contributed by atoms with Gasteiger partial charge in [0.25, 0.3) is 0 Å². The van der Waals surface area contributed by atoms with Crippen molar-refractivity contribution in [1.29, 1.82) is 0 Å². The number of methoxy groups -OCH3 is 1. The van der Waals surface area contributed by atoms with Crippen LogP contribution in [0.1, 0.15) is 26.1 Å². The fourth-order valence-electron chi connectivity index (χ4n) is 2.71. The van der Waals surface area contributed by atoms with E-state index in [-0.39, 0.29) is 0 Å². The molecule has 0 aromatic carbocycles. The van der Waals surface area contributed by atoms with Crippen LogP contribution in [0.15, 0.2) is 6.07 Å². The van der Waals surface area contributed by atoms with E-state index in [1.54, 1.807) is 7.11 Å². The Labute approximate surface area is 108 Å². The highest BCUT2D eigenvalue weighted by Crippen LogP contribution is 2.25. The van der Waals surface area contributed by atoms with Crippen molar-refractivity contribution >= 4 is 11.6 Å². The molecule has 1 aliphatic rings. The molecular weight excluding hydrogens is 228 g/mol. The quantitative estimate of drug-likeness (QED) is 0.884. The highest BCUT2D eigenvalue weighted by molar-refractivity contribution is 5.47. The van der Waals surface area contributed by atoms with Crippen LogP contribution in [0.2, 0.25) is 0 Å². The second kappa shape index (κ2) is 5.52. The molecule has 0 bridgehead atoms. The van der Waals surface area contributed by atoms with Gasteiger partial charge in [0.1, 0.15) is 18.2 Å². The average molecular weight is 250 g/mol. The van der Waals surface area contributed by atoms with E-state index in [1.165, 1.54) is 6.42 Å². The fourth-order valence-corrected chi connectivity index (χ4v) is 2.71. The number of aromatic nitrogens is 2. The van der Waals surface area contributed by atoms with E-state index >= 15 is 0 Å². The predicted octanol–water partition coefficient (Wildman–Crippen LogP) is 1.69. The van der Waals surface area contributed by atoms with Gasteiger partial charge in [-0.15, -0.1) is 0 Å². The monoisotopic (exact) mass is 250 g/mol. The van der Waals surface area contributed by atoms with E-state index in [9.17, 15) is 0 Å². The maximum Gasteiger partial charge on any atom is 0.158 e. The first-order valence-electron chi connectivity index (χ1n) is 6.45. The Bertz CT molecular complexity index is 400. The maximum absolute atomic E-state index is 5.83. The summed E-state index contributed by atoms with van der Waals surface area (Å²) in [5.74, 6) is 3.47. The second-order valence-corrected chi connectivity index (χ2v) is 5.35. The van der Waals surface area contributed by atoms with Crippen molar-refractivity contribution < 1.29 is 4.74 Å². The van der Waals surface area contributed by atoms with Gasteiger partial charge in [-0.2, -0.15) is 0 Å². The Balaban J connectivity index is 2.21. The average Bonchev–Trinajstić information content (AvgIpc) is 2.27. The van der Waals surface area contributed by atoms with E-state index < -0.39 is 0 Å². The lowest BCUT2D eigenvalue weighted by molar-refractivity contribution is 0.178. The molecule has 0 spiro atoms. The van der Waals surface area contributed by atoms with Gasteiger partial charge in [0.2, 0.25) is 0 Å². The molecule has 1 saturated heterocycles. The van der Waals surface area contributed by atoms with Gasteiger partial charge in [0.15, 0.2) is 5.82 Å². The Hall–Kier alpha value is -1.36. The highest BCUT2D eigenvalue weighted by Gasteiger charge is 2.23. The summed E-state index contributed by atoms with van der Waals surface area (Å²) in [4.78, 5) is 11.0. The molecule has 5 nitrogen and oxygen atoms in total. The lowest BCUT2D eigenvalue weighted by Gasteiger charge is -2.35. The van der Waals surface area contributed by atoms with Crippen molar-refractivity contribution in [3.8, 4) is 0 Å². The second-order valence-electron chi connectivity index (χ2n) is 5.35. The third kappa shape index (κ3) is 3.10. The number of hydrogen-bond donors (Lipinski definition) is 1. The van der Waals surface area contributed by atoms with Gasteiger partial charge in [0.05, 0.1) is 0 Å². The molecule has 0 aliphatic carbocycles. The van der Waals surface area contributed by atoms with Crippen LogP contribution in [0, 0.1) is 11.8 Å². The molecule has 2 rings (SSSR count). The molecular formula is C13H22N4O. The third-order valence-electron chi connectivity index (χ3n) is 3.25. The molecule has 1 aromatic heterocycles. The molecule has 18 heavy (non-hydrogen) atoms. The molecule has 1 fully saturated rings. The van der Waals surface area contributed by atoms with E-state index in [1.807, 2.05) is 6.07 Å². The highest BCUT2D eigenvalue weighted by atomic mass is 16.5. The summed E-state index contributed by atoms with van der Waals surface area (Å²) >= 11 is 0. The Morgan fingerprint density at radius 1 is 1.33 bits per heavy atom. The minimum absolute atomic E-state index is 0.400. The Morgan fingerprint density at radius 3 is 2.61 bits per heavy atom. The molecule has 100 valence electrons. The summed E-state index contributed by atoms with van der Waals surface area (Å²) in [6, 6.07) is 1.85. The first-order chi connectivity index (χ1) is 8.58. The summed E-state index contributed by atoms with van der Waals surface area (Å²) in [6.07, 6.45) is 1.28. The molecule has 2 N–H and O–H groups in total. The van der Waals surface area contributed by atoms with Gasteiger partial charge in [-0.25, -0.2) is 9.97 Å². The summed E-state index contributed by atoms with van der Waals surface area (Å²) in [7, 11) is 1.64. The summed E-state index contributed by atoms with van der Waals surface area (Å²) < 4.78 is 5.07. The molecule has 0 radical (unpaired) electrons. The first-order valence-corrected chi connectivity index (χ1v) is 6.45. The van der Waals surface area contributed by atoms with Crippen molar-refractivity contribution in [2.24, 2.45) is 11.8 Å². The number of nitrogens with two attached hydrogens (primary N) is 1. The van der Waals surface area contributed by atoms with Crippen LogP contribution in [-0.4, -0.2) is 30.2 Å². The summed E-state index contributed by atoms with van der Waals surface area (Å²) in [5, 5.41) is 0. The molecule has 0 saturated carbocycles. The largest absolute Gasteiger partial charge is 0.384 e. The standard InChI is InChI=1S/C13H22N4O/c1-9-4-10(2)7-17(6-9)13-5-11(14)15-12(16-13)8-18-3/h5,9-10H,4,6-8H2,1-3H3,(H2,14,15,16). The lowest BCUT2D eigenvalue weighted by Crippen LogP contribution is -2.39. The van der Waals surface area contributed by atoms with E-state index in [0.29, 0.717) is 30.1 Å². The predicted molar refractivity (Wildman–Crippen MR) is 72.3 cm³/mol. The summed E-state index contributed by atoms with van der Waals surface area (Å²) in [6.45, 7) is 7.03. The zero-order chi connectivity index (χ0) is 13.1. The molecule has 1 aromatic rings. The minimum atomic E-state index is 0.400. The number of nitrogens with zero attached hydrogens (tertiary/aromatic N) is 3. The zero-order valence-electron chi connectivity index (χ0n) is 11.4. The normalized spacial score (nSPS) is 24.3. The number of nitrogen functional groups attached to an aromatic ring is 1. The van der Waals surface area contributed by atoms with Gasteiger partial charge >= 0.3 is 0 Å². The molecule has 1 aliphatic heterocycles. The van der Waals surface area contributed by atoms with Crippen LogP contribution < -0.4 is 10.6 Å². The number of anilines is 2. The maximum atomic E-state index is 5.83. The van der Waals surface area contributed by atoms with Crippen LogP contribution in [0.25, 0.3) is 0 Å². The van der Waals surface area contributed by atoms with E-state index in [0.717, 1.165) is 18.9 Å². The van der Waals surface area contributed by atoms with Crippen LogP contribution in [0.4, 0.5) is 11.6 Å². The molecule has 2 heterocycles. The summed E-state index contributed by atoms with van der Waals surface area (Å²) in [5.41, 5.74) is 5.83. The Kier molecular flexibility index (Phi) is 4.01. The third-order valence-corrected chi connectivity index (χ3v) is 3.25. The van der Waals surface area contributed by atoms with Crippen LogP contribution in [0.5, 0.6) is 0 Å². The molecule has 5 heteroatoms. The van der Waals surface area contributed by atoms with Gasteiger partial charge in [-0.1, -0.05) is 13.8 Å². The number of piperidine rings is 1. The number of rotatable bonds is 3. The van der Waals surface area contributed by atoms with Gasteiger partial charge < -0.3 is 15.4 Å². The smallest absolute Gasteiger partial charge is 0.158 e. The van der Waals surface area contributed by atoms with E-state index in [4.69, 9.17) is 10.5 Å². The number of ether oxygens (including phenoxy) is 1. The van der Waals surface area contributed by atoms with E-state index in [2.05, 4.69) is 28.7 Å². The lowest BCUT2D eigenvalue weighted by atomic mass is 9.92. The van der Waals surface area contributed by atoms with Gasteiger partial charge in [-0.3, -0.25) is 0 Å².